The maximum atomic E-state index is 12.1. The minimum atomic E-state index is -3.60. The lowest BCUT2D eigenvalue weighted by Crippen LogP contribution is -2.25. The molecule has 1 heterocycles. The number of nitrogens with zero attached hydrogens (tertiary/aromatic N) is 2. The lowest BCUT2D eigenvalue weighted by molar-refractivity contribution is 0.289. The van der Waals surface area contributed by atoms with Crippen LogP contribution in [0.3, 0.4) is 0 Å². The van der Waals surface area contributed by atoms with Crippen LogP contribution in [0.4, 0.5) is 11.6 Å². The smallest absolute Gasteiger partial charge is 0.240 e. The van der Waals surface area contributed by atoms with Crippen molar-refractivity contribution in [2.75, 3.05) is 18.5 Å². The van der Waals surface area contributed by atoms with Gasteiger partial charge in [-0.15, -0.1) is 0 Å². The molecule has 0 bridgehead atoms. The highest BCUT2D eigenvalue weighted by Gasteiger charge is 2.12. The molecule has 0 amide bonds. The molecule has 0 aliphatic carbocycles. The van der Waals surface area contributed by atoms with Gasteiger partial charge in [0.1, 0.15) is 5.75 Å². The average Bonchev–Trinajstić information content (AvgIpc) is 2.74. The van der Waals surface area contributed by atoms with Gasteiger partial charge < -0.3 is 15.5 Å². The van der Waals surface area contributed by atoms with Gasteiger partial charge in [-0.1, -0.05) is 24.3 Å². The SMILES string of the molecule is O=S(=O)(NCCCO)c1ccc(Nc2ncc(/C=C/c3cccc(O)c3)cn2)cc1. The van der Waals surface area contributed by atoms with Crippen LogP contribution in [0.25, 0.3) is 12.2 Å². The summed E-state index contributed by atoms with van der Waals surface area (Å²) in [6.45, 7) is 0.106. The van der Waals surface area contributed by atoms with Gasteiger partial charge in [0.15, 0.2) is 0 Å². The molecule has 1 aromatic heterocycles. The number of sulfonamides is 1. The lowest BCUT2D eigenvalue weighted by Gasteiger charge is -2.08. The number of hydrogen-bond acceptors (Lipinski definition) is 7. The Morgan fingerprint density at radius 3 is 2.33 bits per heavy atom. The molecule has 0 spiro atoms. The number of phenols is 1. The van der Waals surface area contributed by atoms with Crippen LogP contribution in [0.5, 0.6) is 5.75 Å². The molecule has 0 saturated heterocycles. The molecule has 2 aromatic carbocycles. The van der Waals surface area contributed by atoms with E-state index in [4.69, 9.17) is 5.11 Å². The number of phenolic OH excluding ortho intramolecular Hbond substituents is 1. The zero-order valence-corrected chi connectivity index (χ0v) is 16.9. The Hall–Kier alpha value is -3.27. The number of benzene rings is 2. The summed E-state index contributed by atoms with van der Waals surface area (Å²) in [5, 5.41) is 21.3. The van der Waals surface area contributed by atoms with Crippen molar-refractivity contribution in [3.63, 3.8) is 0 Å². The predicted molar refractivity (Wildman–Crippen MR) is 116 cm³/mol. The van der Waals surface area contributed by atoms with Crippen molar-refractivity contribution in [2.45, 2.75) is 11.3 Å². The summed E-state index contributed by atoms with van der Waals surface area (Å²) >= 11 is 0. The number of anilines is 2. The van der Waals surface area contributed by atoms with Crippen LogP contribution in [0.2, 0.25) is 0 Å². The van der Waals surface area contributed by atoms with Crippen LogP contribution in [0, 0.1) is 0 Å². The van der Waals surface area contributed by atoms with E-state index in [1.807, 2.05) is 18.2 Å². The zero-order valence-electron chi connectivity index (χ0n) is 16.1. The first-order valence-corrected chi connectivity index (χ1v) is 10.7. The van der Waals surface area contributed by atoms with Crippen molar-refractivity contribution in [2.24, 2.45) is 0 Å². The Kier molecular flexibility index (Phi) is 7.12. The molecule has 4 N–H and O–H groups in total. The highest BCUT2D eigenvalue weighted by molar-refractivity contribution is 7.89. The molecule has 0 aliphatic rings. The molecular weight excluding hydrogens is 404 g/mol. The van der Waals surface area contributed by atoms with Crippen LogP contribution in [0.1, 0.15) is 17.5 Å². The van der Waals surface area contributed by atoms with Gasteiger partial charge in [-0.2, -0.15) is 0 Å². The van der Waals surface area contributed by atoms with E-state index in [-0.39, 0.29) is 23.8 Å². The predicted octanol–water partition coefficient (Wildman–Crippen LogP) is 2.76. The molecule has 0 unspecified atom stereocenters. The molecule has 0 radical (unpaired) electrons. The summed E-state index contributed by atoms with van der Waals surface area (Å²) in [6.07, 6.45) is 7.34. The van der Waals surface area contributed by atoms with E-state index in [0.717, 1.165) is 11.1 Å². The minimum Gasteiger partial charge on any atom is -0.508 e. The number of aliphatic hydroxyl groups excluding tert-OH is 1. The molecule has 0 aliphatic heterocycles. The van der Waals surface area contributed by atoms with Crippen molar-refractivity contribution in [3.8, 4) is 5.75 Å². The molecule has 8 nitrogen and oxygen atoms in total. The van der Waals surface area contributed by atoms with Crippen molar-refractivity contribution in [1.29, 1.82) is 0 Å². The summed E-state index contributed by atoms with van der Waals surface area (Å²) in [6, 6.07) is 13.1. The topological polar surface area (TPSA) is 124 Å². The molecule has 3 rings (SSSR count). The highest BCUT2D eigenvalue weighted by atomic mass is 32.2. The van der Waals surface area contributed by atoms with Crippen LogP contribution in [0.15, 0.2) is 65.8 Å². The van der Waals surface area contributed by atoms with E-state index in [1.54, 1.807) is 42.7 Å². The molecule has 9 heteroatoms. The number of aliphatic hydroxyl groups is 1. The summed E-state index contributed by atoms with van der Waals surface area (Å²) in [4.78, 5) is 8.63. The van der Waals surface area contributed by atoms with E-state index in [9.17, 15) is 13.5 Å². The van der Waals surface area contributed by atoms with Crippen LogP contribution < -0.4 is 10.0 Å². The van der Waals surface area contributed by atoms with E-state index in [2.05, 4.69) is 20.0 Å². The van der Waals surface area contributed by atoms with E-state index in [1.165, 1.54) is 12.1 Å². The van der Waals surface area contributed by atoms with Crippen molar-refractivity contribution >= 4 is 33.8 Å². The van der Waals surface area contributed by atoms with Gasteiger partial charge in [-0.25, -0.2) is 23.1 Å². The fourth-order valence-electron chi connectivity index (χ4n) is 2.52. The van der Waals surface area contributed by atoms with Gasteiger partial charge in [-0.3, -0.25) is 0 Å². The maximum Gasteiger partial charge on any atom is 0.240 e. The van der Waals surface area contributed by atoms with Crippen LogP contribution in [-0.4, -0.2) is 41.8 Å². The number of aromatic hydroxyl groups is 1. The normalized spacial score (nSPS) is 11.6. The molecule has 0 atom stereocenters. The maximum absolute atomic E-state index is 12.1. The second-order valence-electron chi connectivity index (χ2n) is 6.39. The Labute approximate surface area is 175 Å². The minimum absolute atomic E-state index is 0.0736. The van der Waals surface area contributed by atoms with Gasteiger partial charge in [0.25, 0.3) is 0 Å². The Morgan fingerprint density at radius 2 is 1.67 bits per heavy atom. The highest BCUT2D eigenvalue weighted by Crippen LogP contribution is 2.17. The first-order chi connectivity index (χ1) is 14.5. The van der Waals surface area contributed by atoms with Crippen molar-refractivity contribution < 1.29 is 18.6 Å². The van der Waals surface area contributed by atoms with E-state index < -0.39 is 10.0 Å². The zero-order chi connectivity index (χ0) is 21.4. The fraction of sp³-hybridized carbons (Fsp3) is 0.143. The van der Waals surface area contributed by atoms with Gasteiger partial charge >= 0.3 is 0 Å². The summed E-state index contributed by atoms with van der Waals surface area (Å²) in [7, 11) is -3.60. The van der Waals surface area contributed by atoms with Crippen molar-refractivity contribution in [1.82, 2.24) is 14.7 Å². The molecular formula is C21H22N4O4S. The quantitative estimate of drug-likeness (QED) is 0.388. The van der Waals surface area contributed by atoms with Gasteiger partial charge in [0.05, 0.1) is 4.90 Å². The molecule has 0 saturated carbocycles. The molecule has 0 fully saturated rings. The summed E-state index contributed by atoms with van der Waals surface area (Å²) < 4.78 is 26.7. The number of rotatable bonds is 9. The fourth-order valence-corrected chi connectivity index (χ4v) is 3.60. The Bertz CT molecular complexity index is 1100. The van der Waals surface area contributed by atoms with E-state index in [0.29, 0.717) is 18.1 Å². The standard InChI is InChI=1S/C21H22N4O4S/c26-12-2-11-24-30(28,29)20-9-7-18(8-10-20)25-21-22-14-17(15-23-21)6-5-16-3-1-4-19(27)13-16/h1,3-10,13-15,24,26-27H,2,11-12H2,(H,22,23,25)/b6-5+. The first kappa shape index (κ1) is 21.4. The third-order valence-corrected chi connectivity index (χ3v) is 5.53. The second-order valence-corrected chi connectivity index (χ2v) is 8.16. The first-order valence-electron chi connectivity index (χ1n) is 9.23. The van der Waals surface area contributed by atoms with Crippen LogP contribution >= 0.6 is 0 Å². The van der Waals surface area contributed by atoms with Gasteiger partial charge in [0, 0.05) is 36.8 Å². The van der Waals surface area contributed by atoms with Gasteiger partial charge in [0.2, 0.25) is 16.0 Å². The summed E-state index contributed by atoms with van der Waals surface area (Å²) in [5.74, 6) is 0.578. The number of nitrogens with one attached hydrogen (secondary N) is 2. The Balaban J connectivity index is 1.61. The average molecular weight is 426 g/mol. The van der Waals surface area contributed by atoms with E-state index >= 15 is 0 Å². The Morgan fingerprint density at radius 1 is 0.967 bits per heavy atom. The lowest BCUT2D eigenvalue weighted by atomic mass is 10.2. The monoisotopic (exact) mass is 426 g/mol. The number of hydrogen-bond donors (Lipinski definition) is 4. The third kappa shape index (κ3) is 6.11. The third-order valence-electron chi connectivity index (χ3n) is 4.06. The summed E-state index contributed by atoms with van der Waals surface area (Å²) in [5.41, 5.74) is 2.30. The van der Waals surface area contributed by atoms with Crippen molar-refractivity contribution in [3.05, 3.63) is 72.1 Å². The molecule has 3 aromatic rings. The largest absolute Gasteiger partial charge is 0.508 e. The number of aromatic nitrogens is 2. The molecule has 30 heavy (non-hydrogen) atoms. The molecule has 156 valence electrons. The van der Waals surface area contributed by atoms with Gasteiger partial charge in [-0.05, 0) is 48.4 Å². The second kappa shape index (κ2) is 9.97. The van der Waals surface area contributed by atoms with Crippen LogP contribution in [-0.2, 0) is 10.0 Å².